The van der Waals surface area contributed by atoms with Crippen molar-refractivity contribution in [3.05, 3.63) is 83.5 Å². The lowest BCUT2D eigenvalue weighted by atomic mass is 9.94. The summed E-state index contributed by atoms with van der Waals surface area (Å²) in [5, 5.41) is 13.8. The van der Waals surface area contributed by atoms with Gasteiger partial charge in [0, 0.05) is 31.0 Å². The predicted molar refractivity (Wildman–Crippen MR) is 241 cm³/mol. The van der Waals surface area contributed by atoms with E-state index in [1.807, 2.05) is 20.8 Å². The fraction of sp³-hybridized carbons (Fsp3) is 0.511. The van der Waals surface area contributed by atoms with Gasteiger partial charge in [0.2, 0.25) is 35.5 Å². The molecule has 17 heteroatoms. The molecule has 1 heterocycles. The number of benzene rings is 2. The van der Waals surface area contributed by atoms with Gasteiger partial charge < -0.3 is 37.1 Å². The van der Waals surface area contributed by atoms with E-state index in [1.165, 1.54) is 13.0 Å². The Morgan fingerprint density at radius 2 is 1.56 bits per heavy atom. The number of carbonyl (C=O) groups is 5. The fourth-order valence-corrected chi connectivity index (χ4v) is 8.59. The molecule has 62 heavy (non-hydrogen) atoms. The van der Waals surface area contributed by atoms with Crippen LogP contribution in [0.1, 0.15) is 108 Å². The third-order valence-electron chi connectivity index (χ3n) is 10.7. The minimum Gasteiger partial charge on any atom is -0.487 e. The van der Waals surface area contributed by atoms with Crippen LogP contribution in [0, 0.1) is 26.7 Å². The quantitative estimate of drug-likeness (QED) is 0.0394. The van der Waals surface area contributed by atoms with E-state index in [2.05, 4.69) is 49.5 Å². The molecular formula is C45H66N8O8S. The maximum absolute atomic E-state index is 14.1. The molecule has 16 nitrogen and oxygen atoms in total. The van der Waals surface area contributed by atoms with E-state index < -0.39 is 68.8 Å². The molecule has 2 aromatic carbocycles. The van der Waals surface area contributed by atoms with Crippen molar-refractivity contribution < 1.29 is 37.1 Å². The Morgan fingerprint density at radius 3 is 2.16 bits per heavy atom. The van der Waals surface area contributed by atoms with Gasteiger partial charge in [-0.05, 0) is 95.9 Å². The van der Waals surface area contributed by atoms with Crippen LogP contribution < -0.4 is 41.8 Å². The van der Waals surface area contributed by atoms with E-state index in [9.17, 15) is 32.4 Å². The molecule has 0 saturated carbocycles. The third kappa shape index (κ3) is 13.1. The van der Waals surface area contributed by atoms with Crippen LogP contribution in [-0.2, 0) is 40.4 Å². The number of rotatable bonds is 22. The van der Waals surface area contributed by atoms with Gasteiger partial charge in [-0.1, -0.05) is 63.3 Å². The number of amides is 5. The summed E-state index contributed by atoms with van der Waals surface area (Å²) in [6.45, 7) is 23.4. The highest BCUT2D eigenvalue weighted by atomic mass is 32.2. The maximum atomic E-state index is 14.1. The topological polar surface area (TPSA) is 239 Å². The Balaban J connectivity index is 1.85. The number of fused-ring (bicyclic) bond motifs is 1. The molecule has 1 unspecified atom stereocenters. The van der Waals surface area contributed by atoms with Crippen LogP contribution in [0.15, 0.2) is 65.5 Å². The van der Waals surface area contributed by atoms with Crippen LogP contribution >= 0.6 is 0 Å². The van der Waals surface area contributed by atoms with Gasteiger partial charge in [-0.25, -0.2) is 13.1 Å². The number of aliphatic imine (C=N–C) groups is 1. The number of ether oxygens (including phenoxy) is 1. The second-order valence-corrected chi connectivity index (χ2v) is 18.4. The molecule has 0 spiro atoms. The number of nitrogens with one attached hydrogen (secondary N) is 6. The number of nitrogens with zero attached hydrogens (tertiary/aromatic N) is 1. The summed E-state index contributed by atoms with van der Waals surface area (Å²) in [6, 6.07) is 5.22. The number of guanidine groups is 1. The zero-order valence-corrected chi connectivity index (χ0v) is 38.4. The molecule has 3 rings (SSSR count). The standard InChI is InChI=1S/C45H66N8O8S/c1-12-15-24-47-41(57)35(31-20-17-16-18-21-31)51-39(55)33(14-3)49-40(56)34(50-42(58)45(11,23-13-2)52-38(54)27(4)5)22-19-25-48-43(46)53-62(59,60)37-29(7)28(6)36-32(30(37)8)26-44(9,10)61-36/h12-13,16-18,20-21,27,33-35H,1-2,14-15,19,22-26H2,3-11H3,(H,47,57)(H,49,56)(H,50,58)(H,51,55)(H,52,54)(H3,46,48,53)/t33-,34-,35+,45?/m0/s1. The molecule has 0 radical (unpaired) electrons. The second-order valence-electron chi connectivity index (χ2n) is 16.8. The van der Waals surface area contributed by atoms with Crippen molar-refractivity contribution in [1.82, 2.24) is 31.3 Å². The third-order valence-corrected chi connectivity index (χ3v) is 12.3. The van der Waals surface area contributed by atoms with Crippen LogP contribution in [-0.4, -0.2) is 80.2 Å². The van der Waals surface area contributed by atoms with E-state index in [-0.39, 0.29) is 49.0 Å². The summed E-state index contributed by atoms with van der Waals surface area (Å²) >= 11 is 0. The van der Waals surface area contributed by atoms with Crippen LogP contribution in [0.5, 0.6) is 5.75 Å². The van der Waals surface area contributed by atoms with Crippen molar-refractivity contribution in [1.29, 1.82) is 0 Å². The average molecular weight is 879 g/mol. The molecule has 1 aliphatic heterocycles. The Bertz CT molecular complexity index is 2140. The van der Waals surface area contributed by atoms with E-state index in [4.69, 9.17) is 10.5 Å². The lowest BCUT2D eigenvalue weighted by Crippen LogP contribution is -2.61. The number of hydrogen-bond donors (Lipinski definition) is 7. The SMILES string of the molecule is C=CCCNC(=O)[C@H](NC(=O)[C@H](CC)NC(=O)[C@H](CCCN=C(N)NS(=O)(=O)c1c(C)c(C)c2c(c1C)CC(C)(C)O2)NC(=O)C(C)(CC=C)NC(=O)C(C)C)c1ccccc1. The van der Waals surface area contributed by atoms with Gasteiger partial charge in [-0.15, -0.1) is 13.2 Å². The lowest BCUT2D eigenvalue weighted by molar-refractivity contribution is -0.137. The Morgan fingerprint density at radius 1 is 0.919 bits per heavy atom. The van der Waals surface area contributed by atoms with Crippen LogP contribution in [0.2, 0.25) is 0 Å². The smallest absolute Gasteiger partial charge is 0.264 e. The first-order chi connectivity index (χ1) is 29.0. The van der Waals surface area contributed by atoms with Gasteiger partial charge in [0.05, 0.1) is 4.90 Å². The number of hydrogen-bond acceptors (Lipinski definition) is 9. The van der Waals surface area contributed by atoms with Gasteiger partial charge in [-0.2, -0.15) is 0 Å². The minimum absolute atomic E-state index is 0.0299. The van der Waals surface area contributed by atoms with Crippen molar-refractivity contribution >= 4 is 45.5 Å². The Labute approximate surface area is 366 Å². The molecule has 0 saturated heterocycles. The molecule has 1 aliphatic rings. The number of sulfonamides is 1. The highest BCUT2D eigenvalue weighted by Gasteiger charge is 2.39. The van der Waals surface area contributed by atoms with Gasteiger partial charge in [0.15, 0.2) is 0 Å². The van der Waals surface area contributed by atoms with Crippen LogP contribution in [0.3, 0.4) is 0 Å². The van der Waals surface area contributed by atoms with Gasteiger partial charge in [0.1, 0.15) is 35.0 Å². The normalized spacial score (nSPS) is 15.7. The zero-order valence-electron chi connectivity index (χ0n) is 37.6. The van der Waals surface area contributed by atoms with Gasteiger partial charge in [0.25, 0.3) is 10.0 Å². The largest absolute Gasteiger partial charge is 0.487 e. The maximum Gasteiger partial charge on any atom is 0.264 e. The summed E-state index contributed by atoms with van der Waals surface area (Å²) in [5.41, 5.74) is 7.30. The first kappa shape index (κ1) is 50.6. The highest BCUT2D eigenvalue weighted by Crippen LogP contribution is 2.43. The van der Waals surface area contributed by atoms with Crippen molar-refractivity contribution in [2.45, 2.75) is 135 Å². The van der Waals surface area contributed by atoms with Crippen molar-refractivity contribution in [2.24, 2.45) is 16.6 Å². The first-order valence-electron chi connectivity index (χ1n) is 20.9. The highest BCUT2D eigenvalue weighted by molar-refractivity contribution is 7.90. The van der Waals surface area contributed by atoms with Crippen LogP contribution in [0.4, 0.5) is 0 Å². The second kappa shape index (κ2) is 21.9. The molecule has 0 bridgehead atoms. The lowest BCUT2D eigenvalue weighted by Gasteiger charge is -2.32. The minimum atomic E-state index is -4.18. The summed E-state index contributed by atoms with van der Waals surface area (Å²) < 4.78 is 36.0. The van der Waals surface area contributed by atoms with Crippen LogP contribution in [0.25, 0.3) is 0 Å². The van der Waals surface area contributed by atoms with Gasteiger partial charge >= 0.3 is 0 Å². The number of nitrogens with two attached hydrogens (primary N) is 1. The monoisotopic (exact) mass is 878 g/mol. The van der Waals surface area contributed by atoms with E-state index >= 15 is 0 Å². The Hall–Kier alpha value is -5.71. The molecule has 5 amide bonds. The summed E-state index contributed by atoms with van der Waals surface area (Å²) in [5.74, 6) is -2.99. The molecule has 0 fully saturated rings. The zero-order chi connectivity index (χ0) is 46.6. The van der Waals surface area contributed by atoms with E-state index in [0.717, 1.165) is 11.1 Å². The summed E-state index contributed by atoms with van der Waals surface area (Å²) in [6.07, 6.45) is 4.46. The predicted octanol–water partition coefficient (Wildman–Crippen LogP) is 3.73. The average Bonchev–Trinajstić information content (AvgIpc) is 3.54. The molecule has 0 aliphatic carbocycles. The van der Waals surface area contributed by atoms with E-state index in [0.29, 0.717) is 41.8 Å². The van der Waals surface area contributed by atoms with Crippen molar-refractivity contribution in [3.8, 4) is 5.75 Å². The summed E-state index contributed by atoms with van der Waals surface area (Å²) in [4.78, 5) is 72.0. The van der Waals surface area contributed by atoms with Crippen molar-refractivity contribution in [3.63, 3.8) is 0 Å². The molecule has 340 valence electrons. The fourth-order valence-electron chi connectivity index (χ4n) is 7.07. The number of carbonyl (C=O) groups excluding carboxylic acids is 5. The van der Waals surface area contributed by atoms with Crippen molar-refractivity contribution in [2.75, 3.05) is 13.1 Å². The van der Waals surface area contributed by atoms with E-state index in [1.54, 1.807) is 71.0 Å². The molecule has 8 N–H and O–H groups in total. The molecular weight excluding hydrogens is 813 g/mol. The summed E-state index contributed by atoms with van der Waals surface area (Å²) in [7, 11) is -4.18. The molecule has 2 aromatic rings. The molecule has 4 atom stereocenters. The first-order valence-corrected chi connectivity index (χ1v) is 22.4. The van der Waals surface area contributed by atoms with Gasteiger partial charge in [-0.3, -0.25) is 29.0 Å². The Kier molecular flexibility index (Phi) is 17.9. The molecule has 0 aromatic heterocycles.